The highest BCUT2D eigenvalue weighted by molar-refractivity contribution is 6.33. The lowest BCUT2D eigenvalue weighted by molar-refractivity contribution is 0.994. The molecular weight excluding hydrogens is 357 g/mol. The van der Waals surface area contributed by atoms with Crippen LogP contribution in [0.4, 0.5) is 0 Å². The summed E-state index contributed by atoms with van der Waals surface area (Å²) in [5, 5.41) is 12.7. The van der Waals surface area contributed by atoms with Gasteiger partial charge in [0.25, 0.3) is 0 Å². The topological polar surface area (TPSA) is 75.1 Å². The number of hydrogen-bond acceptors (Lipinski definition) is 3. The number of halogens is 3. The number of benzene rings is 2. The zero-order valence-electron chi connectivity index (χ0n) is 11.9. The van der Waals surface area contributed by atoms with Gasteiger partial charge in [-0.3, -0.25) is 0 Å². The highest BCUT2D eigenvalue weighted by atomic mass is 35.5. The first-order valence-electron chi connectivity index (χ1n) is 6.31. The average Bonchev–Trinajstić information content (AvgIpc) is 2.51. The van der Waals surface area contributed by atoms with Crippen molar-refractivity contribution in [1.29, 1.82) is 0 Å². The fourth-order valence-corrected chi connectivity index (χ4v) is 1.87. The molecule has 0 heterocycles. The van der Waals surface area contributed by atoms with Gasteiger partial charge in [-0.1, -0.05) is 59.6 Å². The van der Waals surface area contributed by atoms with Crippen molar-refractivity contribution in [3.05, 3.63) is 69.7 Å². The van der Waals surface area contributed by atoms with Crippen molar-refractivity contribution in [3.8, 4) is 0 Å². The van der Waals surface area contributed by atoms with E-state index in [1.54, 1.807) is 18.3 Å². The third-order valence-electron chi connectivity index (χ3n) is 2.56. The summed E-state index contributed by atoms with van der Waals surface area (Å²) >= 11 is 12.0. The molecule has 0 aliphatic carbocycles. The maximum atomic E-state index is 5.99. The van der Waals surface area contributed by atoms with E-state index in [9.17, 15) is 0 Å². The lowest BCUT2D eigenvalue weighted by atomic mass is 10.2. The molecule has 120 valence electrons. The Bertz CT molecular complexity index is 729. The second-order valence-corrected chi connectivity index (χ2v) is 4.96. The molecule has 0 unspecified atom stereocenters. The van der Waals surface area contributed by atoms with Gasteiger partial charge in [0, 0.05) is 21.2 Å². The van der Waals surface area contributed by atoms with E-state index in [4.69, 9.17) is 28.9 Å². The van der Waals surface area contributed by atoms with E-state index < -0.39 is 0 Å². The number of nitrogens with zero attached hydrogens (tertiary/aromatic N) is 3. The SMILES string of the molecule is Cl.N/C(=N\N=C\c1ccccc1Cl)N/N=C/c1ccccc1Cl. The molecule has 2 aromatic carbocycles. The zero-order chi connectivity index (χ0) is 15.8. The second kappa shape index (κ2) is 9.84. The first-order valence-corrected chi connectivity index (χ1v) is 7.07. The summed E-state index contributed by atoms with van der Waals surface area (Å²) in [4.78, 5) is 0. The molecular formula is C15H14Cl3N5. The zero-order valence-corrected chi connectivity index (χ0v) is 14.2. The van der Waals surface area contributed by atoms with Crippen molar-refractivity contribution in [2.75, 3.05) is 0 Å². The molecule has 0 spiro atoms. The van der Waals surface area contributed by atoms with E-state index in [0.717, 1.165) is 11.1 Å². The van der Waals surface area contributed by atoms with Crippen LogP contribution in [-0.4, -0.2) is 18.4 Å². The Labute approximate surface area is 150 Å². The summed E-state index contributed by atoms with van der Waals surface area (Å²) in [7, 11) is 0. The summed E-state index contributed by atoms with van der Waals surface area (Å²) in [6.45, 7) is 0. The van der Waals surface area contributed by atoms with Crippen molar-refractivity contribution in [1.82, 2.24) is 5.43 Å². The fraction of sp³-hybridized carbons (Fsp3) is 0. The third-order valence-corrected chi connectivity index (χ3v) is 3.24. The summed E-state index contributed by atoms with van der Waals surface area (Å²) < 4.78 is 0. The van der Waals surface area contributed by atoms with Gasteiger partial charge in [-0.05, 0) is 12.1 Å². The van der Waals surface area contributed by atoms with Gasteiger partial charge in [0.05, 0.1) is 12.4 Å². The predicted octanol–water partition coefficient (Wildman–Crippen LogP) is 3.69. The van der Waals surface area contributed by atoms with Crippen LogP contribution in [0, 0.1) is 0 Å². The van der Waals surface area contributed by atoms with Gasteiger partial charge in [0.15, 0.2) is 0 Å². The lowest BCUT2D eigenvalue weighted by Crippen LogP contribution is -2.26. The van der Waals surface area contributed by atoms with Crippen LogP contribution in [0.1, 0.15) is 11.1 Å². The van der Waals surface area contributed by atoms with Gasteiger partial charge >= 0.3 is 0 Å². The molecule has 0 bridgehead atoms. The number of guanidine groups is 1. The molecule has 0 saturated carbocycles. The number of rotatable bonds is 4. The minimum Gasteiger partial charge on any atom is -0.367 e. The molecule has 3 N–H and O–H groups in total. The summed E-state index contributed by atoms with van der Waals surface area (Å²) in [6.07, 6.45) is 3.05. The van der Waals surface area contributed by atoms with Crippen LogP contribution in [0.5, 0.6) is 0 Å². The molecule has 5 nitrogen and oxygen atoms in total. The van der Waals surface area contributed by atoms with E-state index in [2.05, 4.69) is 20.7 Å². The minimum atomic E-state index is 0. The highest BCUT2D eigenvalue weighted by Gasteiger charge is 1.95. The van der Waals surface area contributed by atoms with E-state index in [1.807, 2.05) is 36.4 Å². The van der Waals surface area contributed by atoms with Crippen LogP contribution >= 0.6 is 35.6 Å². The Morgan fingerprint density at radius 3 is 2.00 bits per heavy atom. The van der Waals surface area contributed by atoms with Crippen molar-refractivity contribution in [3.63, 3.8) is 0 Å². The van der Waals surface area contributed by atoms with Crippen molar-refractivity contribution in [2.45, 2.75) is 0 Å². The summed E-state index contributed by atoms with van der Waals surface area (Å²) in [5.41, 5.74) is 9.69. The average molecular weight is 371 g/mol. The Balaban J connectivity index is 0.00000264. The van der Waals surface area contributed by atoms with Crippen LogP contribution in [0.2, 0.25) is 10.0 Å². The monoisotopic (exact) mass is 369 g/mol. The minimum absolute atomic E-state index is 0. The quantitative estimate of drug-likeness (QED) is 0.489. The van der Waals surface area contributed by atoms with Crippen molar-refractivity contribution >= 4 is 54.0 Å². The van der Waals surface area contributed by atoms with Crippen LogP contribution in [0.3, 0.4) is 0 Å². The maximum Gasteiger partial charge on any atom is 0.234 e. The van der Waals surface area contributed by atoms with Crippen molar-refractivity contribution in [2.24, 2.45) is 21.0 Å². The molecule has 23 heavy (non-hydrogen) atoms. The number of nitrogens with one attached hydrogen (secondary N) is 1. The van der Waals surface area contributed by atoms with Gasteiger partial charge in [0.1, 0.15) is 0 Å². The van der Waals surface area contributed by atoms with E-state index >= 15 is 0 Å². The predicted molar refractivity (Wildman–Crippen MR) is 100 cm³/mol. The number of hydrazone groups is 1. The van der Waals surface area contributed by atoms with Gasteiger partial charge in [0.2, 0.25) is 5.96 Å². The summed E-state index contributed by atoms with van der Waals surface area (Å²) in [6, 6.07) is 14.6. The van der Waals surface area contributed by atoms with Gasteiger partial charge in [-0.15, -0.1) is 17.5 Å². The molecule has 0 aliphatic heterocycles. The van der Waals surface area contributed by atoms with Crippen LogP contribution in [-0.2, 0) is 0 Å². The Kier molecular flexibility index (Phi) is 8.11. The van der Waals surface area contributed by atoms with E-state index in [-0.39, 0.29) is 18.4 Å². The third kappa shape index (κ3) is 6.28. The highest BCUT2D eigenvalue weighted by Crippen LogP contribution is 2.12. The van der Waals surface area contributed by atoms with Gasteiger partial charge in [-0.25, -0.2) is 5.43 Å². The number of hydrogen-bond donors (Lipinski definition) is 2. The Morgan fingerprint density at radius 2 is 1.43 bits per heavy atom. The molecule has 0 saturated heterocycles. The number of nitrogens with two attached hydrogens (primary N) is 1. The molecule has 2 rings (SSSR count). The standard InChI is InChI=1S/C15H13Cl2N5.ClH/c16-13-7-3-1-5-11(13)9-19-21-15(18)22-20-10-12-6-2-4-8-14(12)17;/h1-10H,(H3,18,21,22);1H/b19-9+,20-10+;. The molecule has 0 fully saturated rings. The molecule has 0 aliphatic rings. The van der Waals surface area contributed by atoms with Gasteiger partial charge in [-0.2, -0.15) is 10.2 Å². The Hall–Kier alpha value is -2.08. The molecule has 2 aromatic rings. The largest absolute Gasteiger partial charge is 0.367 e. The molecule has 0 amide bonds. The van der Waals surface area contributed by atoms with E-state index in [1.165, 1.54) is 6.21 Å². The lowest BCUT2D eigenvalue weighted by Gasteiger charge is -1.98. The first-order chi connectivity index (χ1) is 10.7. The van der Waals surface area contributed by atoms with Crippen molar-refractivity contribution < 1.29 is 0 Å². The summed E-state index contributed by atoms with van der Waals surface area (Å²) in [5.74, 6) is 0.0478. The van der Waals surface area contributed by atoms with E-state index in [0.29, 0.717) is 10.0 Å². The normalized spacial score (nSPS) is 11.7. The Morgan fingerprint density at radius 1 is 0.913 bits per heavy atom. The van der Waals surface area contributed by atoms with Crippen LogP contribution in [0.15, 0.2) is 63.8 Å². The smallest absolute Gasteiger partial charge is 0.234 e. The van der Waals surface area contributed by atoms with Crippen LogP contribution in [0.25, 0.3) is 0 Å². The molecule has 0 atom stereocenters. The molecule has 8 heteroatoms. The molecule has 0 radical (unpaired) electrons. The van der Waals surface area contributed by atoms with Gasteiger partial charge < -0.3 is 5.73 Å². The molecule has 0 aromatic heterocycles. The second-order valence-electron chi connectivity index (χ2n) is 4.14. The first kappa shape index (κ1) is 19.0. The fourth-order valence-electron chi connectivity index (χ4n) is 1.50. The van der Waals surface area contributed by atoms with Crippen LogP contribution < -0.4 is 11.2 Å². The maximum absolute atomic E-state index is 5.99.